The standard InChI is InChI=1S/C56H42N4.C53H36N4/c1-56(2,3)48-35-50(40-16-9-5-10-17-40)58-54-47(48)32-30-44-31-33-49(57-53(44)54)42-26-24-39(25-27-42)45-20-13-21-46(34-45)55-59-51(41-18-11-6-12-19-41)36-52(60-55)43-28-22-38(23-29-43)37-14-7-4-8-15-37;1-35-32-48(39-14-7-3-8-15-39)55-52-46(35)30-28-42-29-31-47(54-51(42)52)41-24-20-38(21-25-41)44-18-11-19-45(33-44)50-34-49(40-16-9-4-10-17-40)56-53(57-50)43-26-22-37(23-27-43)36-12-5-2-6-13-36/h4-36H,1-3H3;2-34H,1H3. The maximum Gasteiger partial charge on any atom is 0.160 e. The van der Waals surface area contributed by atoms with Crippen molar-refractivity contribution < 1.29 is 0 Å². The van der Waals surface area contributed by atoms with Crippen LogP contribution in [0.4, 0.5) is 0 Å². The number of benzene rings is 14. The van der Waals surface area contributed by atoms with Crippen LogP contribution in [-0.4, -0.2) is 39.9 Å². The molecular weight excluding hydrogens is 1420 g/mol. The average molecular weight is 1500 g/mol. The van der Waals surface area contributed by atoms with Crippen molar-refractivity contribution in [2.24, 2.45) is 0 Å². The van der Waals surface area contributed by atoms with E-state index in [0.29, 0.717) is 11.6 Å². The van der Waals surface area contributed by atoms with E-state index in [1.165, 1.54) is 27.8 Å². The third-order valence-electron chi connectivity index (χ3n) is 21.9. The van der Waals surface area contributed by atoms with Crippen LogP contribution < -0.4 is 0 Å². The highest BCUT2D eigenvalue weighted by Gasteiger charge is 2.23. The molecular formula is C109H78N8. The summed E-state index contributed by atoms with van der Waals surface area (Å²) in [6.45, 7) is 8.94. The summed E-state index contributed by atoms with van der Waals surface area (Å²) in [5, 5.41) is 4.41. The third kappa shape index (κ3) is 15.2. The molecule has 0 N–H and O–H groups in total. The lowest BCUT2D eigenvalue weighted by Crippen LogP contribution is -2.12. The predicted molar refractivity (Wildman–Crippen MR) is 485 cm³/mol. The summed E-state index contributed by atoms with van der Waals surface area (Å²) >= 11 is 0. The fraction of sp³-hybridized carbons (Fsp3) is 0.0459. The molecule has 0 saturated carbocycles. The second-order valence-corrected chi connectivity index (χ2v) is 30.7. The van der Waals surface area contributed by atoms with E-state index in [9.17, 15) is 0 Å². The minimum absolute atomic E-state index is 0.0721. The van der Waals surface area contributed by atoms with Crippen LogP contribution in [0.5, 0.6) is 0 Å². The molecule has 0 fully saturated rings. The molecule has 8 heteroatoms. The van der Waals surface area contributed by atoms with Gasteiger partial charge in [-0.15, -0.1) is 0 Å². The molecule has 6 aromatic heterocycles. The van der Waals surface area contributed by atoms with Gasteiger partial charge in [0.2, 0.25) is 0 Å². The molecule has 8 nitrogen and oxygen atoms in total. The van der Waals surface area contributed by atoms with Gasteiger partial charge in [0, 0.05) is 77.2 Å². The Morgan fingerprint density at radius 3 is 0.855 bits per heavy atom. The van der Waals surface area contributed by atoms with Gasteiger partial charge in [0.1, 0.15) is 0 Å². The first-order valence-corrected chi connectivity index (χ1v) is 39.7. The number of hydrogen-bond donors (Lipinski definition) is 0. The van der Waals surface area contributed by atoms with Crippen molar-refractivity contribution in [3.63, 3.8) is 0 Å². The highest BCUT2D eigenvalue weighted by molar-refractivity contribution is 6.07. The Labute approximate surface area is 681 Å². The monoisotopic (exact) mass is 1500 g/mol. The van der Waals surface area contributed by atoms with Crippen molar-refractivity contribution in [3.05, 3.63) is 412 Å². The van der Waals surface area contributed by atoms with Crippen molar-refractivity contribution >= 4 is 43.6 Å². The first kappa shape index (κ1) is 72.1. The molecule has 0 aliphatic heterocycles. The number of pyridine rings is 4. The summed E-state index contributed by atoms with van der Waals surface area (Å²) in [5.41, 5.74) is 32.8. The van der Waals surface area contributed by atoms with E-state index in [2.05, 4.69) is 367 Å². The van der Waals surface area contributed by atoms with Crippen LogP contribution in [0.15, 0.2) is 400 Å². The van der Waals surface area contributed by atoms with Gasteiger partial charge in [-0.3, -0.25) is 0 Å². The fourth-order valence-corrected chi connectivity index (χ4v) is 15.6. The van der Waals surface area contributed by atoms with Gasteiger partial charge >= 0.3 is 0 Å². The summed E-state index contributed by atoms with van der Waals surface area (Å²) in [5.74, 6) is 1.38. The third-order valence-corrected chi connectivity index (χ3v) is 21.9. The van der Waals surface area contributed by atoms with Crippen LogP contribution in [0.2, 0.25) is 0 Å². The lowest BCUT2D eigenvalue weighted by molar-refractivity contribution is 0.595. The van der Waals surface area contributed by atoms with E-state index < -0.39 is 0 Å². The zero-order valence-electron chi connectivity index (χ0n) is 65.2. The Morgan fingerprint density at radius 1 is 0.171 bits per heavy atom. The summed E-state index contributed by atoms with van der Waals surface area (Å²) < 4.78 is 0. The molecule has 0 radical (unpaired) electrons. The molecule has 0 bridgehead atoms. The van der Waals surface area contributed by atoms with Crippen molar-refractivity contribution in [1.29, 1.82) is 0 Å². The number of hydrogen-bond acceptors (Lipinski definition) is 8. The zero-order valence-corrected chi connectivity index (χ0v) is 65.2. The van der Waals surface area contributed by atoms with E-state index in [1.54, 1.807) is 0 Å². The summed E-state index contributed by atoms with van der Waals surface area (Å²) in [4.78, 5) is 41.4. The van der Waals surface area contributed by atoms with Crippen molar-refractivity contribution in [2.75, 3.05) is 0 Å². The summed E-state index contributed by atoms with van der Waals surface area (Å²) in [6.07, 6.45) is 0. The SMILES string of the molecule is CC(C)(C)c1cc(-c2ccccc2)nc2c1ccc1ccc(-c3ccc(-c4cccc(-c5nc(-c6ccccc6)cc(-c6ccc(-c7ccccc7)cc6)n5)c4)cc3)nc12.Cc1cc(-c2ccccc2)nc2c1ccc1ccc(-c3ccc(-c4cccc(-c5cc(-c6ccccc6)nc(-c6ccc(-c7ccccc7)cc6)n5)c4)cc3)nc12. The molecule has 6 heterocycles. The van der Waals surface area contributed by atoms with Gasteiger partial charge in [0.15, 0.2) is 11.6 Å². The van der Waals surface area contributed by atoms with Gasteiger partial charge in [-0.05, 0) is 117 Å². The average Bonchev–Trinajstić information content (AvgIpc) is 0.746. The molecule has 0 atom stereocenters. The normalized spacial score (nSPS) is 11.4. The maximum atomic E-state index is 5.30. The Kier molecular flexibility index (Phi) is 19.4. The molecule has 0 aliphatic rings. The van der Waals surface area contributed by atoms with Gasteiger partial charge in [-0.1, -0.05) is 373 Å². The van der Waals surface area contributed by atoms with E-state index in [4.69, 9.17) is 39.9 Å². The second-order valence-electron chi connectivity index (χ2n) is 30.7. The molecule has 554 valence electrons. The lowest BCUT2D eigenvalue weighted by atomic mass is 9.83. The number of nitrogens with zero attached hydrogens (tertiary/aromatic N) is 8. The molecule has 14 aromatic carbocycles. The molecule has 20 aromatic rings. The highest BCUT2D eigenvalue weighted by Crippen LogP contribution is 2.40. The van der Waals surface area contributed by atoms with E-state index in [1.807, 2.05) is 60.7 Å². The van der Waals surface area contributed by atoms with E-state index >= 15 is 0 Å². The highest BCUT2D eigenvalue weighted by atomic mass is 14.9. The van der Waals surface area contributed by atoms with Gasteiger partial charge in [0.25, 0.3) is 0 Å². The van der Waals surface area contributed by atoms with Crippen molar-refractivity contribution in [2.45, 2.75) is 33.1 Å². The number of aromatic nitrogens is 8. The van der Waals surface area contributed by atoms with Crippen molar-refractivity contribution in [3.8, 4) is 157 Å². The molecule has 0 amide bonds. The van der Waals surface area contributed by atoms with Crippen LogP contribution in [0.1, 0.15) is 31.9 Å². The Bertz CT molecular complexity index is 7020. The Hall–Kier alpha value is -15.1. The van der Waals surface area contributed by atoms with Crippen LogP contribution in [0, 0.1) is 6.92 Å². The fourth-order valence-electron chi connectivity index (χ4n) is 15.6. The van der Waals surface area contributed by atoms with Crippen LogP contribution in [-0.2, 0) is 5.41 Å². The van der Waals surface area contributed by atoms with Crippen LogP contribution >= 0.6 is 0 Å². The summed E-state index contributed by atoms with van der Waals surface area (Å²) in [7, 11) is 0. The Balaban J connectivity index is 0.000000156. The smallest absolute Gasteiger partial charge is 0.160 e. The molecule has 0 aliphatic carbocycles. The topological polar surface area (TPSA) is 103 Å². The largest absolute Gasteiger partial charge is 0.245 e. The summed E-state index contributed by atoms with van der Waals surface area (Å²) in [6, 6.07) is 140. The van der Waals surface area contributed by atoms with Crippen LogP contribution in [0.3, 0.4) is 0 Å². The molecule has 117 heavy (non-hydrogen) atoms. The number of rotatable bonds is 14. The Morgan fingerprint density at radius 2 is 0.436 bits per heavy atom. The van der Waals surface area contributed by atoms with Crippen LogP contribution in [0.25, 0.3) is 201 Å². The first-order valence-electron chi connectivity index (χ1n) is 39.7. The van der Waals surface area contributed by atoms with Gasteiger partial charge in [-0.25, -0.2) is 39.9 Å². The zero-order chi connectivity index (χ0) is 78.8. The number of aryl methyl sites for hydroxylation is 1. The minimum Gasteiger partial charge on any atom is -0.245 e. The van der Waals surface area contributed by atoms with Crippen molar-refractivity contribution in [1.82, 2.24) is 39.9 Å². The van der Waals surface area contributed by atoms with E-state index in [0.717, 1.165) is 173 Å². The molecule has 0 spiro atoms. The first-order chi connectivity index (χ1) is 57.5. The van der Waals surface area contributed by atoms with Gasteiger partial charge in [-0.2, -0.15) is 0 Å². The maximum absolute atomic E-state index is 5.30. The molecule has 20 rings (SSSR count). The minimum atomic E-state index is -0.0721. The molecule has 0 unspecified atom stereocenters. The van der Waals surface area contributed by atoms with E-state index in [-0.39, 0.29) is 5.41 Å². The number of fused-ring (bicyclic) bond motifs is 6. The quantitative estimate of drug-likeness (QED) is 0.0992. The lowest BCUT2D eigenvalue weighted by Gasteiger charge is -2.23. The van der Waals surface area contributed by atoms with Gasteiger partial charge in [0.05, 0.1) is 67.6 Å². The predicted octanol–water partition coefficient (Wildman–Crippen LogP) is 28.1. The second kappa shape index (κ2) is 31.5. The van der Waals surface area contributed by atoms with Gasteiger partial charge < -0.3 is 0 Å². The molecule has 0 saturated heterocycles.